The summed E-state index contributed by atoms with van der Waals surface area (Å²) >= 11 is 6.86. The molecule has 1 fully saturated rings. The van der Waals surface area contributed by atoms with Gasteiger partial charge in [-0.3, -0.25) is 4.79 Å². The molecule has 1 amide bonds. The average Bonchev–Trinajstić information content (AvgIpc) is 2.52. The van der Waals surface area contributed by atoms with E-state index in [0.717, 1.165) is 23.1 Å². The highest BCUT2D eigenvalue weighted by Gasteiger charge is 2.31. The number of aryl methyl sites for hydroxylation is 1. The molecule has 0 saturated carbocycles. The fourth-order valence-corrected chi connectivity index (χ4v) is 2.63. The highest BCUT2D eigenvalue weighted by molar-refractivity contribution is 9.10. The molecule has 1 unspecified atom stereocenters. The normalized spacial score (nSPS) is 21.1. The van der Waals surface area contributed by atoms with Crippen LogP contribution in [0.5, 0.6) is 0 Å². The van der Waals surface area contributed by atoms with Crippen molar-refractivity contribution in [1.82, 2.24) is 0 Å². The Morgan fingerprint density at radius 2 is 2.20 bits per heavy atom. The topological polar surface area (TPSA) is 20.3 Å². The largest absolute Gasteiger partial charge is 0.310 e. The van der Waals surface area contributed by atoms with Gasteiger partial charge in [0.05, 0.1) is 10.5 Å². The molecule has 1 aromatic rings. The van der Waals surface area contributed by atoms with Gasteiger partial charge in [0.1, 0.15) is 0 Å². The number of anilines is 1. The smallest absolute Gasteiger partial charge is 0.240 e. The zero-order chi connectivity index (χ0) is 11.0. The molecule has 1 aromatic carbocycles. The van der Waals surface area contributed by atoms with Crippen LogP contribution >= 0.6 is 31.9 Å². The van der Waals surface area contributed by atoms with E-state index in [-0.39, 0.29) is 10.7 Å². The summed E-state index contributed by atoms with van der Waals surface area (Å²) in [5, 5.41) is 0. The number of carbonyl (C=O) groups excluding carboxylic acids is 1. The summed E-state index contributed by atoms with van der Waals surface area (Å²) in [7, 11) is 0. The Balaban J connectivity index is 2.37. The predicted octanol–water partition coefficient (Wildman–Crippen LogP) is 3.26. The van der Waals surface area contributed by atoms with Crippen molar-refractivity contribution in [2.24, 2.45) is 0 Å². The molecule has 2 nitrogen and oxygen atoms in total. The Hall–Kier alpha value is -0.350. The second kappa shape index (κ2) is 4.26. The summed E-state index contributed by atoms with van der Waals surface area (Å²) < 4.78 is 0.975. The van der Waals surface area contributed by atoms with Gasteiger partial charge in [-0.15, -0.1) is 0 Å². The van der Waals surface area contributed by atoms with E-state index >= 15 is 0 Å². The minimum Gasteiger partial charge on any atom is -0.310 e. The third-order valence-corrected chi connectivity index (χ3v) is 4.05. The van der Waals surface area contributed by atoms with Gasteiger partial charge in [-0.2, -0.15) is 0 Å². The molecule has 80 valence electrons. The van der Waals surface area contributed by atoms with Crippen molar-refractivity contribution in [2.75, 3.05) is 11.4 Å². The zero-order valence-corrected chi connectivity index (χ0v) is 11.5. The fourth-order valence-electron chi connectivity index (χ4n) is 1.71. The average molecular weight is 333 g/mol. The van der Waals surface area contributed by atoms with Gasteiger partial charge in [-0.25, -0.2) is 0 Å². The minimum atomic E-state index is -0.0232. The lowest BCUT2D eigenvalue weighted by Crippen LogP contribution is -2.27. The second-order valence-electron chi connectivity index (χ2n) is 3.70. The molecule has 0 radical (unpaired) electrons. The number of hydrogen-bond donors (Lipinski definition) is 0. The summed E-state index contributed by atoms with van der Waals surface area (Å²) in [5.41, 5.74) is 2.14. The number of nitrogens with zero attached hydrogens (tertiary/aromatic N) is 1. The van der Waals surface area contributed by atoms with E-state index in [4.69, 9.17) is 0 Å². The quantitative estimate of drug-likeness (QED) is 0.723. The Bertz CT molecular complexity index is 406. The lowest BCUT2D eigenvalue weighted by atomic mass is 10.2. The van der Waals surface area contributed by atoms with Crippen molar-refractivity contribution in [3.05, 3.63) is 28.2 Å². The van der Waals surface area contributed by atoms with E-state index in [0.29, 0.717) is 0 Å². The molecule has 1 atom stereocenters. The van der Waals surface area contributed by atoms with Crippen molar-refractivity contribution < 1.29 is 4.79 Å². The van der Waals surface area contributed by atoms with Crippen molar-refractivity contribution in [3.63, 3.8) is 0 Å². The first-order valence-electron chi connectivity index (χ1n) is 4.81. The Morgan fingerprint density at radius 3 is 2.80 bits per heavy atom. The molecule has 0 aromatic heterocycles. The van der Waals surface area contributed by atoms with Gasteiger partial charge < -0.3 is 4.90 Å². The van der Waals surface area contributed by atoms with E-state index in [9.17, 15) is 4.79 Å². The lowest BCUT2D eigenvalue weighted by Gasteiger charge is -2.18. The first-order chi connectivity index (χ1) is 7.09. The van der Waals surface area contributed by atoms with Crippen LogP contribution in [0.3, 0.4) is 0 Å². The third kappa shape index (κ3) is 2.11. The summed E-state index contributed by atoms with van der Waals surface area (Å²) in [6.07, 6.45) is 0.874. The van der Waals surface area contributed by atoms with Gasteiger partial charge in [0.15, 0.2) is 0 Å². The molecular weight excluding hydrogens is 322 g/mol. The van der Waals surface area contributed by atoms with Crippen LogP contribution < -0.4 is 4.90 Å². The zero-order valence-electron chi connectivity index (χ0n) is 8.34. The number of rotatable bonds is 1. The van der Waals surface area contributed by atoms with Crippen molar-refractivity contribution >= 4 is 43.5 Å². The summed E-state index contributed by atoms with van der Waals surface area (Å²) in [6.45, 7) is 2.82. The highest BCUT2D eigenvalue weighted by Crippen LogP contribution is 2.32. The van der Waals surface area contributed by atoms with Crippen LogP contribution in [0.15, 0.2) is 22.7 Å². The standard InChI is InChI=1S/C11H11Br2NO/c1-7-2-3-8(12)10(6-7)14-5-4-9(13)11(14)15/h2-3,6,9H,4-5H2,1H3. The number of halogens is 2. The van der Waals surface area contributed by atoms with E-state index in [2.05, 4.69) is 31.9 Å². The molecule has 2 rings (SSSR count). The summed E-state index contributed by atoms with van der Waals surface area (Å²) in [6, 6.07) is 6.05. The van der Waals surface area contributed by atoms with Gasteiger partial charge in [0.25, 0.3) is 0 Å². The number of benzene rings is 1. The van der Waals surface area contributed by atoms with Gasteiger partial charge in [-0.05, 0) is 47.0 Å². The predicted molar refractivity (Wildman–Crippen MR) is 68.6 cm³/mol. The molecule has 1 aliphatic rings. The second-order valence-corrected chi connectivity index (χ2v) is 5.66. The molecule has 4 heteroatoms. The van der Waals surface area contributed by atoms with Crippen LogP contribution in [-0.2, 0) is 4.79 Å². The molecule has 1 heterocycles. The van der Waals surface area contributed by atoms with Crippen molar-refractivity contribution in [1.29, 1.82) is 0 Å². The maximum atomic E-state index is 11.8. The van der Waals surface area contributed by atoms with Gasteiger partial charge in [-0.1, -0.05) is 22.0 Å². The summed E-state index contributed by atoms with van der Waals surface area (Å²) in [4.78, 5) is 13.6. The molecule has 0 aliphatic carbocycles. The summed E-state index contributed by atoms with van der Waals surface area (Å²) in [5.74, 6) is 0.154. The molecule has 0 bridgehead atoms. The van der Waals surface area contributed by atoms with Crippen LogP contribution in [0.1, 0.15) is 12.0 Å². The molecule has 15 heavy (non-hydrogen) atoms. The van der Waals surface area contributed by atoms with Crippen molar-refractivity contribution in [2.45, 2.75) is 18.2 Å². The number of carbonyl (C=O) groups is 1. The first kappa shape index (κ1) is 11.1. The first-order valence-corrected chi connectivity index (χ1v) is 6.52. The Morgan fingerprint density at radius 1 is 1.47 bits per heavy atom. The van der Waals surface area contributed by atoms with Crippen LogP contribution in [-0.4, -0.2) is 17.3 Å². The number of hydrogen-bond acceptors (Lipinski definition) is 1. The molecule has 0 spiro atoms. The van der Waals surface area contributed by atoms with Crippen LogP contribution in [0.4, 0.5) is 5.69 Å². The lowest BCUT2D eigenvalue weighted by molar-refractivity contribution is -0.116. The number of amides is 1. The third-order valence-electron chi connectivity index (χ3n) is 2.53. The monoisotopic (exact) mass is 331 g/mol. The van der Waals surface area contributed by atoms with Gasteiger partial charge in [0.2, 0.25) is 5.91 Å². The Kier molecular flexibility index (Phi) is 3.16. The fraction of sp³-hybridized carbons (Fsp3) is 0.364. The molecule has 1 saturated heterocycles. The van der Waals surface area contributed by atoms with Crippen molar-refractivity contribution in [3.8, 4) is 0 Å². The number of alkyl halides is 1. The molecule has 1 aliphatic heterocycles. The van der Waals surface area contributed by atoms with Crippen LogP contribution in [0.25, 0.3) is 0 Å². The van der Waals surface area contributed by atoms with E-state index < -0.39 is 0 Å². The molecule has 0 N–H and O–H groups in total. The van der Waals surface area contributed by atoms with E-state index in [1.165, 1.54) is 5.56 Å². The van der Waals surface area contributed by atoms with E-state index in [1.807, 2.05) is 30.0 Å². The van der Waals surface area contributed by atoms with Crippen LogP contribution in [0.2, 0.25) is 0 Å². The maximum absolute atomic E-state index is 11.8. The Labute approximate surface area is 106 Å². The molecular formula is C11H11Br2NO. The van der Waals surface area contributed by atoms with Crippen LogP contribution in [0, 0.1) is 6.92 Å². The van der Waals surface area contributed by atoms with Gasteiger partial charge >= 0.3 is 0 Å². The van der Waals surface area contributed by atoms with E-state index in [1.54, 1.807) is 0 Å². The maximum Gasteiger partial charge on any atom is 0.240 e. The highest BCUT2D eigenvalue weighted by atomic mass is 79.9. The minimum absolute atomic E-state index is 0.0232. The van der Waals surface area contributed by atoms with Gasteiger partial charge in [0, 0.05) is 11.0 Å². The SMILES string of the molecule is Cc1ccc(Br)c(N2CCC(Br)C2=O)c1.